The topological polar surface area (TPSA) is 49.9 Å². The molecule has 0 aliphatic carbocycles. The fourth-order valence-corrected chi connectivity index (χ4v) is 4.32. The van der Waals surface area contributed by atoms with E-state index in [2.05, 4.69) is 0 Å². The average Bonchev–Trinajstić information content (AvgIpc) is 2.78. The quantitative estimate of drug-likeness (QED) is 0.786. The van der Waals surface area contributed by atoms with Gasteiger partial charge in [-0.2, -0.15) is 0 Å². The van der Waals surface area contributed by atoms with Crippen molar-refractivity contribution < 1.29 is 14.3 Å². The van der Waals surface area contributed by atoms with Gasteiger partial charge in [0.05, 0.1) is 16.3 Å². The van der Waals surface area contributed by atoms with Gasteiger partial charge in [0.1, 0.15) is 12.3 Å². The van der Waals surface area contributed by atoms with Crippen LogP contribution in [-0.4, -0.2) is 29.8 Å². The van der Waals surface area contributed by atoms with E-state index in [1.165, 1.54) is 11.0 Å². The Morgan fingerprint density at radius 3 is 2.57 bits per heavy atom. The molecule has 6 heteroatoms. The van der Waals surface area contributed by atoms with Crippen molar-refractivity contribution in [1.29, 1.82) is 0 Å². The van der Waals surface area contributed by atoms with E-state index in [4.69, 9.17) is 16.3 Å². The van der Waals surface area contributed by atoms with Crippen molar-refractivity contribution in [3.63, 3.8) is 0 Å². The highest BCUT2D eigenvalue weighted by Gasteiger charge is 2.53. The van der Waals surface area contributed by atoms with Gasteiger partial charge in [-0.15, -0.1) is 0 Å². The molecule has 0 N–H and O–H groups in total. The molecule has 0 bridgehead atoms. The Morgan fingerprint density at radius 2 is 1.86 bits per heavy atom. The van der Waals surface area contributed by atoms with Crippen LogP contribution in [0.1, 0.15) is 31.4 Å². The van der Waals surface area contributed by atoms with Gasteiger partial charge < -0.3 is 9.64 Å². The summed E-state index contributed by atoms with van der Waals surface area (Å²) in [5.74, 6) is 0.0469. The van der Waals surface area contributed by atoms with Crippen LogP contribution in [0.4, 0.5) is 5.69 Å². The number of fused-ring (bicyclic) bond motifs is 3. The van der Waals surface area contributed by atoms with E-state index < -0.39 is 5.72 Å². The van der Waals surface area contributed by atoms with Gasteiger partial charge in [-0.05, 0) is 25.5 Å². The lowest BCUT2D eigenvalue weighted by molar-refractivity contribution is -0.161. The maximum atomic E-state index is 13.1. The highest BCUT2D eigenvalue weighted by Crippen LogP contribution is 2.49. The Morgan fingerprint density at radius 1 is 1.11 bits per heavy atom. The van der Waals surface area contributed by atoms with Gasteiger partial charge in [0.15, 0.2) is 0 Å². The Kier molecular flexibility index (Phi) is 4.63. The van der Waals surface area contributed by atoms with Crippen LogP contribution in [0.25, 0.3) is 0 Å². The highest BCUT2D eigenvalue weighted by molar-refractivity contribution is 6.32. The summed E-state index contributed by atoms with van der Waals surface area (Å²) in [6, 6.07) is 14.9. The van der Waals surface area contributed by atoms with Gasteiger partial charge >= 0.3 is 0 Å². The molecule has 2 aromatic carbocycles. The summed E-state index contributed by atoms with van der Waals surface area (Å²) in [6.45, 7) is 4.19. The van der Waals surface area contributed by atoms with Crippen molar-refractivity contribution >= 4 is 29.1 Å². The highest BCUT2D eigenvalue weighted by atomic mass is 35.5. The Hall–Kier alpha value is -2.79. The van der Waals surface area contributed by atoms with Crippen LogP contribution in [-0.2, 0) is 20.1 Å². The van der Waals surface area contributed by atoms with Crippen LogP contribution in [0.2, 0.25) is 5.02 Å². The lowest BCUT2D eigenvalue weighted by Crippen LogP contribution is -2.55. The molecular formula is C22H21ClN2O3. The number of anilines is 1. The molecule has 2 aromatic rings. The van der Waals surface area contributed by atoms with Gasteiger partial charge in [0.25, 0.3) is 5.91 Å². The fourth-order valence-electron chi connectivity index (χ4n) is 4.02. The predicted octanol–water partition coefficient (Wildman–Crippen LogP) is 4.06. The SMILES string of the molecule is CCCN1C(=O)CN2C(=O)C=C(C)OC2(c2ccccc2)c2c(Cl)cccc21. The van der Waals surface area contributed by atoms with Crippen LogP contribution in [0.3, 0.4) is 0 Å². The molecule has 2 aliphatic heterocycles. The molecule has 2 aliphatic rings. The minimum atomic E-state index is -1.30. The molecule has 5 nitrogen and oxygen atoms in total. The lowest BCUT2D eigenvalue weighted by Gasteiger charge is -2.45. The Bertz CT molecular complexity index is 973. The number of ether oxygens (including phenoxy) is 1. The number of rotatable bonds is 3. The molecule has 2 amide bonds. The first kappa shape index (κ1) is 18.6. The summed E-state index contributed by atoms with van der Waals surface area (Å²) in [7, 11) is 0. The van der Waals surface area contributed by atoms with Crippen molar-refractivity contribution in [2.75, 3.05) is 18.0 Å². The number of amides is 2. The van der Waals surface area contributed by atoms with Crippen molar-refractivity contribution in [3.05, 3.63) is 76.5 Å². The number of benzene rings is 2. The largest absolute Gasteiger partial charge is 0.464 e. The van der Waals surface area contributed by atoms with Crippen LogP contribution >= 0.6 is 11.6 Å². The molecule has 144 valence electrons. The second-order valence-electron chi connectivity index (χ2n) is 6.97. The molecule has 1 unspecified atom stereocenters. The van der Waals surface area contributed by atoms with Gasteiger partial charge in [-0.1, -0.05) is 54.9 Å². The third-order valence-electron chi connectivity index (χ3n) is 5.11. The van der Waals surface area contributed by atoms with Crippen molar-refractivity contribution in [3.8, 4) is 0 Å². The maximum Gasteiger partial charge on any atom is 0.254 e. The average molecular weight is 397 g/mol. The zero-order chi connectivity index (χ0) is 19.9. The van der Waals surface area contributed by atoms with Crippen LogP contribution in [0.15, 0.2) is 60.4 Å². The van der Waals surface area contributed by atoms with Crippen LogP contribution in [0.5, 0.6) is 0 Å². The molecule has 0 aromatic heterocycles. The van der Waals surface area contributed by atoms with E-state index in [0.29, 0.717) is 28.6 Å². The summed E-state index contributed by atoms with van der Waals surface area (Å²) in [4.78, 5) is 29.4. The van der Waals surface area contributed by atoms with Crippen molar-refractivity contribution in [2.24, 2.45) is 0 Å². The number of hydrogen-bond acceptors (Lipinski definition) is 3. The molecule has 28 heavy (non-hydrogen) atoms. The molecule has 2 heterocycles. The van der Waals surface area contributed by atoms with Gasteiger partial charge in [0, 0.05) is 18.2 Å². The molecule has 0 radical (unpaired) electrons. The smallest absolute Gasteiger partial charge is 0.254 e. The zero-order valence-electron chi connectivity index (χ0n) is 15.8. The molecule has 4 rings (SSSR count). The summed E-state index contributed by atoms with van der Waals surface area (Å²) in [5.41, 5.74) is 0.732. The minimum absolute atomic E-state index is 0.0947. The Labute approximate surface area is 169 Å². The summed E-state index contributed by atoms with van der Waals surface area (Å²) in [6.07, 6.45) is 2.20. The predicted molar refractivity (Wildman–Crippen MR) is 108 cm³/mol. The van der Waals surface area contributed by atoms with Gasteiger partial charge in [-0.25, -0.2) is 0 Å². The van der Waals surface area contributed by atoms with Gasteiger partial charge in [0.2, 0.25) is 11.6 Å². The standard InChI is InChI=1S/C22H21ClN2O3/c1-3-12-24-18-11-7-10-17(23)21(18)22(16-8-5-4-6-9-16)25(14-20(24)27)19(26)13-15(2)28-22/h4-11,13H,3,12,14H2,1-2H3. The van der Waals surface area contributed by atoms with Crippen molar-refractivity contribution in [1.82, 2.24) is 4.90 Å². The first-order chi connectivity index (χ1) is 13.5. The van der Waals surface area contributed by atoms with Crippen molar-refractivity contribution in [2.45, 2.75) is 26.0 Å². The lowest BCUT2D eigenvalue weighted by atomic mass is 9.89. The number of allylic oxidation sites excluding steroid dienone is 1. The second kappa shape index (κ2) is 6.99. The first-order valence-electron chi connectivity index (χ1n) is 9.33. The maximum absolute atomic E-state index is 13.1. The monoisotopic (exact) mass is 396 g/mol. The molecule has 0 spiro atoms. The normalized spacial score (nSPS) is 21.5. The minimum Gasteiger partial charge on any atom is -0.464 e. The first-order valence-corrected chi connectivity index (χ1v) is 9.70. The van der Waals surface area contributed by atoms with E-state index in [9.17, 15) is 9.59 Å². The van der Waals surface area contributed by atoms with E-state index in [0.717, 1.165) is 12.0 Å². The molecule has 0 saturated heterocycles. The summed E-state index contributed by atoms with van der Waals surface area (Å²) < 4.78 is 6.40. The summed E-state index contributed by atoms with van der Waals surface area (Å²) >= 11 is 6.71. The molecular weight excluding hydrogens is 376 g/mol. The fraction of sp³-hybridized carbons (Fsp3) is 0.273. The third-order valence-corrected chi connectivity index (χ3v) is 5.42. The van der Waals surface area contributed by atoms with E-state index in [-0.39, 0.29) is 18.4 Å². The Balaban J connectivity index is 2.10. The summed E-state index contributed by atoms with van der Waals surface area (Å²) in [5, 5.41) is 0.449. The number of carbonyl (C=O) groups excluding carboxylic acids is 2. The number of nitrogens with zero attached hydrogens (tertiary/aromatic N) is 2. The van der Waals surface area contributed by atoms with Crippen LogP contribution < -0.4 is 4.90 Å². The molecule has 0 saturated carbocycles. The van der Waals surface area contributed by atoms with E-state index in [1.807, 2.05) is 49.4 Å². The van der Waals surface area contributed by atoms with E-state index >= 15 is 0 Å². The molecule has 1 atom stereocenters. The zero-order valence-corrected chi connectivity index (χ0v) is 16.6. The number of carbonyl (C=O) groups is 2. The molecule has 0 fully saturated rings. The number of halogens is 1. The van der Waals surface area contributed by atoms with Crippen LogP contribution in [0, 0.1) is 0 Å². The number of hydrogen-bond donors (Lipinski definition) is 0. The van der Waals surface area contributed by atoms with Gasteiger partial charge in [-0.3, -0.25) is 14.5 Å². The second-order valence-corrected chi connectivity index (χ2v) is 7.38. The van der Waals surface area contributed by atoms with E-state index in [1.54, 1.807) is 17.9 Å². The third kappa shape index (κ3) is 2.69.